The number of hydrogen-bond acceptors (Lipinski definition) is 4. The van der Waals surface area contributed by atoms with Crippen molar-refractivity contribution in [3.05, 3.63) is 23.3 Å². The summed E-state index contributed by atoms with van der Waals surface area (Å²) in [5, 5.41) is 0. The highest BCUT2D eigenvalue weighted by Crippen LogP contribution is 2.40. The van der Waals surface area contributed by atoms with Crippen molar-refractivity contribution in [2.24, 2.45) is 5.73 Å². The number of carbonyl (C=O) groups is 1. The highest BCUT2D eigenvalue weighted by Gasteiger charge is 2.30. The van der Waals surface area contributed by atoms with Crippen molar-refractivity contribution in [3.63, 3.8) is 0 Å². The van der Waals surface area contributed by atoms with Gasteiger partial charge < -0.3 is 15.2 Å². The first-order valence-electron chi connectivity index (χ1n) is 4.48. The van der Waals surface area contributed by atoms with Crippen molar-refractivity contribution in [2.75, 3.05) is 6.79 Å². The average molecular weight is 191 g/mol. The van der Waals surface area contributed by atoms with Gasteiger partial charge in [0.25, 0.3) is 0 Å². The first-order valence-corrected chi connectivity index (χ1v) is 4.48. The van der Waals surface area contributed by atoms with Crippen LogP contribution in [0.5, 0.6) is 11.5 Å². The normalized spacial score (nSPS) is 22.6. The van der Waals surface area contributed by atoms with Crippen LogP contribution in [0.4, 0.5) is 0 Å². The molecule has 1 aromatic carbocycles. The number of hydrogen-bond donors (Lipinski definition) is 1. The van der Waals surface area contributed by atoms with Crippen LogP contribution in [0.25, 0.3) is 0 Å². The van der Waals surface area contributed by atoms with Crippen molar-refractivity contribution < 1.29 is 14.3 Å². The maximum absolute atomic E-state index is 11.5. The van der Waals surface area contributed by atoms with Gasteiger partial charge in [-0.25, -0.2) is 0 Å². The second-order valence-electron chi connectivity index (χ2n) is 3.53. The van der Waals surface area contributed by atoms with Gasteiger partial charge in [-0.05, 0) is 17.7 Å². The molecule has 0 spiro atoms. The predicted octanol–water partition coefficient (Wildman–Crippen LogP) is 1.00. The number of nitrogens with two attached hydrogens (primary N) is 1. The zero-order valence-electron chi connectivity index (χ0n) is 7.45. The molecule has 2 aliphatic rings. The number of Topliss-reactive ketones (excluding diaryl/α,β-unsaturated/α-hetero) is 1. The zero-order chi connectivity index (χ0) is 9.71. The van der Waals surface area contributed by atoms with Crippen LogP contribution in [0.2, 0.25) is 0 Å². The molecule has 0 bridgehead atoms. The molecule has 0 saturated carbocycles. The minimum absolute atomic E-state index is 0.0887. The SMILES string of the molecule is N[C@@H]1CC(=O)c2cc3c(cc21)OCO3. The fourth-order valence-electron chi connectivity index (χ4n) is 1.93. The molecule has 0 aromatic heterocycles. The number of fused-ring (bicyclic) bond motifs is 2. The van der Waals surface area contributed by atoms with E-state index in [2.05, 4.69) is 0 Å². The maximum Gasteiger partial charge on any atom is 0.231 e. The van der Waals surface area contributed by atoms with Crippen molar-refractivity contribution in [1.82, 2.24) is 0 Å². The Bertz CT molecular complexity index is 428. The van der Waals surface area contributed by atoms with Gasteiger partial charge in [0.2, 0.25) is 6.79 Å². The molecule has 2 N–H and O–H groups in total. The van der Waals surface area contributed by atoms with E-state index in [0.29, 0.717) is 23.5 Å². The minimum atomic E-state index is -0.188. The molecule has 1 aromatic rings. The average Bonchev–Trinajstić information content (AvgIpc) is 2.70. The van der Waals surface area contributed by atoms with Crippen LogP contribution in [0.1, 0.15) is 28.4 Å². The molecular formula is C10H9NO3. The van der Waals surface area contributed by atoms with Crippen LogP contribution in [0, 0.1) is 0 Å². The van der Waals surface area contributed by atoms with E-state index < -0.39 is 0 Å². The van der Waals surface area contributed by atoms with Gasteiger partial charge in [-0.3, -0.25) is 4.79 Å². The van der Waals surface area contributed by atoms with Gasteiger partial charge >= 0.3 is 0 Å². The van der Waals surface area contributed by atoms with Crippen LogP contribution in [-0.2, 0) is 0 Å². The highest BCUT2D eigenvalue weighted by molar-refractivity contribution is 6.01. The molecule has 14 heavy (non-hydrogen) atoms. The Hall–Kier alpha value is -1.55. The Morgan fingerprint density at radius 3 is 2.79 bits per heavy atom. The first-order chi connectivity index (χ1) is 6.75. The molecule has 1 atom stereocenters. The topological polar surface area (TPSA) is 61.6 Å². The molecule has 1 aliphatic heterocycles. The predicted molar refractivity (Wildman–Crippen MR) is 48.4 cm³/mol. The van der Waals surface area contributed by atoms with Crippen molar-refractivity contribution in [3.8, 4) is 11.5 Å². The highest BCUT2D eigenvalue weighted by atomic mass is 16.7. The Labute approximate surface area is 80.6 Å². The summed E-state index contributed by atoms with van der Waals surface area (Å²) in [7, 11) is 0. The molecule has 0 radical (unpaired) electrons. The second-order valence-corrected chi connectivity index (χ2v) is 3.53. The van der Waals surface area contributed by atoms with Gasteiger partial charge in [-0.1, -0.05) is 0 Å². The number of rotatable bonds is 0. The van der Waals surface area contributed by atoms with E-state index in [-0.39, 0.29) is 18.6 Å². The first kappa shape index (κ1) is 7.82. The molecule has 72 valence electrons. The van der Waals surface area contributed by atoms with E-state index in [1.54, 1.807) is 6.07 Å². The molecule has 0 amide bonds. The lowest BCUT2D eigenvalue weighted by atomic mass is 10.1. The van der Waals surface area contributed by atoms with E-state index in [4.69, 9.17) is 15.2 Å². The largest absolute Gasteiger partial charge is 0.454 e. The van der Waals surface area contributed by atoms with Gasteiger partial charge in [-0.15, -0.1) is 0 Å². The molecule has 1 aliphatic carbocycles. The molecule has 1 heterocycles. The number of carbonyl (C=O) groups excluding carboxylic acids is 1. The summed E-state index contributed by atoms with van der Waals surface area (Å²) in [6.07, 6.45) is 0.387. The zero-order valence-corrected chi connectivity index (χ0v) is 7.45. The van der Waals surface area contributed by atoms with Crippen molar-refractivity contribution in [2.45, 2.75) is 12.5 Å². The Morgan fingerprint density at radius 2 is 2.00 bits per heavy atom. The van der Waals surface area contributed by atoms with Crippen molar-refractivity contribution in [1.29, 1.82) is 0 Å². The summed E-state index contributed by atoms with van der Waals surface area (Å²) in [4.78, 5) is 11.5. The van der Waals surface area contributed by atoms with Crippen LogP contribution < -0.4 is 15.2 Å². The van der Waals surface area contributed by atoms with Gasteiger partial charge in [-0.2, -0.15) is 0 Å². The lowest BCUT2D eigenvalue weighted by molar-refractivity contribution is 0.0989. The van der Waals surface area contributed by atoms with E-state index in [0.717, 1.165) is 5.56 Å². The minimum Gasteiger partial charge on any atom is -0.454 e. The summed E-state index contributed by atoms with van der Waals surface area (Å²) >= 11 is 0. The molecule has 4 nitrogen and oxygen atoms in total. The Kier molecular flexibility index (Phi) is 1.39. The van der Waals surface area contributed by atoms with Crippen LogP contribution in [-0.4, -0.2) is 12.6 Å². The van der Waals surface area contributed by atoms with E-state index in [1.165, 1.54) is 0 Å². The van der Waals surface area contributed by atoms with Gasteiger partial charge in [0.1, 0.15) is 0 Å². The maximum atomic E-state index is 11.5. The van der Waals surface area contributed by atoms with Crippen molar-refractivity contribution >= 4 is 5.78 Å². The monoisotopic (exact) mass is 191 g/mol. The summed E-state index contributed by atoms with van der Waals surface area (Å²) in [5.41, 5.74) is 7.37. The fraction of sp³-hybridized carbons (Fsp3) is 0.300. The van der Waals surface area contributed by atoms with E-state index in [1.807, 2.05) is 6.07 Å². The molecule has 0 fully saturated rings. The molecule has 3 rings (SSSR count). The number of benzene rings is 1. The van der Waals surface area contributed by atoms with Crippen LogP contribution >= 0.6 is 0 Å². The quantitative estimate of drug-likeness (QED) is 0.664. The lowest BCUT2D eigenvalue weighted by Crippen LogP contribution is -2.05. The summed E-state index contributed by atoms with van der Waals surface area (Å²) in [6, 6.07) is 3.35. The standard InChI is InChI=1S/C10H9NO3/c11-7-3-8(12)6-2-10-9(1-5(6)7)13-4-14-10/h1-2,7H,3-4,11H2/t7-/m1/s1. The second kappa shape index (κ2) is 2.48. The van der Waals surface area contributed by atoms with Gasteiger partial charge in [0, 0.05) is 18.0 Å². The lowest BCUT2D eigenvalue weighted by Gasteiger charge is -2.04. The summed E-state index contributed by atoms with van der Waals surface area (Å²) in [6.45, 7) is 0.224. The Morgan fingerprint density at radius 1 is 1.29 bits per heavy atom. The Balaban J connectivity index is 2.22. The van der Waals surface area contributed by atoms with Crippen LogP contribution in [0.3, 0.4) is 0 Å². The summed E-state index contributed by atoms with van der Waals surface area (Å²) in [5.74, 6) is 1.42. The molecule has 0 saturated heterocycles. The number of ether oxygens (including phenoxy) is 2. The fourth-order valence-corrected chi connectivity index (χ4v) is 1.93. The van der Waals surface area contributed by atoms with Gasteiger partial charge in [0.05, 0.1) is 0 Å². The molecule has 0 unspecified atom stereocenters. The number of ketones is 1. The molecule has 4 heteroatoms. The third-order valence-electron chi connectivity index (χ3n) is 2.65. The van der Waals surface area contributed by atoms with E-state index in [9.17, 15) is 4.79 Å². The van der Waals surface area contributed by atoms with Crippen LogP contribution in [0.15, 0.2) is 12.1 Å². The van der Waals surface area contributed by atoms with E-state index >= 15 is 0 Å². The summed E-state index contributed by atoms with van der Waals surface area (Å²) < 4.78 is 10.4. The van der Waals surface area contributed by atoms with Gasteiger partial charge in [0.15, 0.2) is 17.3 Å². The smallest absolute Gasteiger partial charge is 0.231 e. The third kappa shape index (κ3) is 0.886. The molecular weight excluding hydrogens is 182 g/mol. The third-order valence-corrected chi connectivity index (χ3v) is 2.65.